The van der Waals surface area contributed by atoms with Crippen molar-refractivity contribution in [2.24, 2.45) is 0 Å². The van der Waals surface area contributed by atoms with Gasteiger partial charge in [-0.25, -0.2) is 9.37 Å². The highest BCUT2D eigenvalue weighted by molar-refractivity contribution is 5.80. The van der Waals surface area contributed by atoms with E-state index in [0.29, 0.717) is 22.4 Å². The number of nitrogens with one attached hydrogen (secondary N) is 1. The number of hydrogen-bond acceptors (Lipinski definition) is 4. The van der Waals surface area contributed by atoms with Crippen LogP contribution in [0.25, 0.3) is 22.4 Å². The normalized spacial score (nSPS) is 10.8. The lowest BCUT2D eigenvalue weighted by molar-refractivity contribution is -0.385. The first-order chi connectivity index (χ1) is 9.54. The molecule has 0 fully saturated rings. The van der Waals surface area contributed by atoms with E-state index in [4.69, 9.17) is 0 Å². The SMILES string of the molecule is O=[N+]([O-])c1cc(-c2nc3ccc(F)cc3[nH]2)ccc1O. The van der Waals surface area contributed by atoms with Crippen molar-refractivity contribution in [1.29, 1.82) is 0 Å². The number of imidazole rings is 1. The molecular formula is C13H8FN3O3. The fourth-order valence-electron chi connectivity index (χ4n) is 1.94. The number of benzene rings is 2. The van der Waals surface area contributed by atoms with Gasteiger partial charge in [0.2, 0.25) is 0 Å². The first-order valence-corrected chi connectivity index (χ1v) is 5.67. The number of rotatable bonds is 2. The molecule has 2 aromatic carbocycles. The Morgan fingerprint density at radius 3 is 2.80 bits per heavy atom. The van der Waals surface area contributed by atoms with Crippen LogP contribution in [0, 0.1) is 15.9 Å². The van der Waals surface area contributed by atoms with Gasteiger partial charge in [-0.1, -0.05) is 0 Å². The van der Waals surface area contributed by atoms with Crippen molar-refractivity contribution in [1.82, 2.24) is 9.97 Å². The lowest BCUT2D eigenvalue weighted by Crippen LogP contribution is -1.90. The molecule has 0 spiro atoms. The summed E-state index contributed by atoms with van der Waals surface area (Å²) in [5, 5.41) is 20.2. The van der Waals surface area contributed by atoms with E-state index in [1.165, 1.54) is 36.4 Å². The van der Waals surface area contributed by atoms with Crippen LogP contribution in [0.3, 0.4) is 0 Å². The van der Waals surface area contributed by atoms with Gasteiger partial charge in [-0.05, 0) is 30.3 Å². The van der Waals surface area contributed by atoms with Gasteiger partial charge in [-0.15, -0.1) is 0 Å². The van der Waals surface area contributed by atoms with Gasteiger partial charge in [0, 0.05) is 11.6 Å². The molecule has 20 heavy (non-hydrogen) atoms. The van der Waals surface area contributed by atoms with Crippen molar-refractivity contribution in [2.75, 3.05) is 0 Å². The summed E-state index contributed by atoms with van der Waals surface area (Å²) in [6.45, 7) is 0. The summed E-state index contributed by atoms with van der Waals surface area (Å²) >= 11 is 0. The van der Waals surface area contributed by atoms with Crippen LogP contribution in [0.5, 0.6) is 5.75 Å². The smallest absolute Gasteiger partial charge is 0.311 e. The summed E-state index contributed by atoms with van der Waals surface area (Å²) in [5.74, 6) is -0.445. The summed E-state index contributed by atoms with van der Waals surface area (Å²) in [4.78, 5) is 17.2. The summed E-state index contributed by atoms with van der Waals surface area (Å²) in [5.41, 5.74) is 1.08. The van der Waals surface area contributed by atoms with E-state index >= 15 is 0 Å². The van der Waals surface area contributed by atoms with Gasteiger partial charge in [0.25, 0.3) is 0 Å². The summed E-state index contributed by atoms with van der Waals surface area (Å²) in [6, 6.07) is 8.02. The predicted octanol–water partition coefficient (Wildman–Crippen LogP) is 2.98. The maximum Gasteiger partial charge on any atom is 0.311 e. The Balaban J connectivity index is 2.15. The highest BCUT2D eigenvalue weighted by Crippen LogP contribution is 2.31. The zero-order chi connectivity index (χ0) is 14.3. The Labute approximate surface area is 111 Å². The molecule has 7 heteroatoms. The molecule has 1 aromatic heterocycles. The molecule has 3 rings (SSSR count). The monoisotopic (exact) mass is 273 g/mol. The van der Waals surface area contributed by atoms with Crippen molar-refractivity contribution in [3.8, 4) is 17.1 Å². The van der Waals surface area contributed by atoms with E-state index in [9.17, 15) is 19.6 Å². The van der Waals surface area contributed by atoms with Gasteiger partial charge in [-0.2, -0.15) is 0 Å². The molecule has 0 saturated heterocycles. The molecule has 0 aliphatic heterocycles. The van der Waals surface area contributed by atoms with Crippen molar-refractivity contribution >= 4 is 16.7 Å². The van der Waals surface area contributed by atoms with Crippen LogP contribution in [0.15, 0.2) is 36.4 Å². The second-order valence-corrected chi connectivity index (χ2v) is 4.21. The van der Waals surface area contributed by atoms with Crippen LogP contribution < -0.4 is 0 Å². The van der Waals surface area contributed by atoms with Crippen LogP contribution in [-0.2, 0) is 0 Å². The van der Waals surface area contributed by atoms with Crippen LogP contribution in [-0.4, -0.2) is 20.0 Å². The minimum Gasteiger partial charge on any atom is -0.502 e. The first kappa shape index (κ1) is 12.1. The maximum absolute atomic E-state index is 13.1. The number of aromatic hydroxyl groups is 1. The third-order valence-electron chi connectivity index (χ3n) is 2.89. The molecule has 0 radical (unpaired) electrons. The zero-order valence-electron chi connectivity index (χ0n) is 10.0. The fraction of sp³-hybridized carbons (Fsp3) is 0. The Bertz CT molecular complexity index is 829. The number of halogens is 1. The molecule has 2 N–H and O–H groups in total. The summed E-state index contributed by atoms with van der Waals surface area (Å²) in [7, 11) is 0. The average Bonchev–Trinajstić information content (AvgIpc) is 2.81. The van der Waals surface area contributed by atoms with Crippen molar-refractivity contribution in [2.45, 2.75) is 0 Å². The molecule has 0 amide bonds. The fourth-order valence-corrected chi connectivity index (χ4v) is 1.94. The number of nitro groups is 1. The third-order valence-corrected chi connectivity index (χ3v) is 2.89. The number of H-pyrrole nitrogens is 1. The lowest BCUT2D eigenvalue weighted by atomic mass is 10.2. The predicted molar refractivity (Wildman–Crippen MR) is 69.8 cm³/mol. The second-order valence-electron chi connectivity index (χ2n) is 4.21. The number of aromatic amines is 1. The molecule has 1 heterocycles. The maximum atomic E-state index is 13.1. The van der Waals surface area contributed by atoms with Gasteiger partial charge >= 0.3 is 5.69 Å². The first-order valence-electron chi connectivity index (χ1n) is 5.67. The van der Waals surface area contributed by atoms with Gasteiger partial charge in [0.15, 0.2) is 5.75 Å². The molecule has 0 bridgehead atoms. The average molecular weight is 273 g/mol. The van der Waals surface area contributed by atoms with Crippen molar-refractivity contribution in [3.05, 3.63) is 52.3 Å². The zero-order valence-corrected chi connectivity index (χ0v) is 10.0. The number of phenols is 1. The third kappa shape index (κ3) is 1.95. The minimum absolute atomic E-state index is 0.369. The Morgan fingerprint density at radius 1 is 1.25 bits per heavy atom. The lowest BCUT2D eigenvalue weighted by Gasteiger charge is -1.99. The molecule has 0 aliphatic rings. The number of nitro benzene ring substituents is 1. The highest BCUT2D eigenvalue weighted by atomic mass is 19.1. The topological polar surface area (TPSA) is 92.0 Å². The van der Waals surface area contributed by atoms with Crippen LogP contribution in [0.2, 0.25) is 0 Å². The van der Waals surface area contributed by atoms with Crippen LogP contribution >= 0.6 is 0 Å². The highest BCUT2D eigenvalue weighted by Gasteiger charge is 2.16. The number of phenolic OH excluding ortho intramolecular Hbond substituents is 1. The van der Waals surface area contributed by atoms with Gasteiger partial charge in [-0.3, -0.25) is 10.1 Å². The van der Waals surface area contributed by atoms with E-state index in [1.54, 1.807) is 0 Å². The van der Waals surface area contributed by atoms with E-state index in [2.05, 4.69) is 9.97 Å². The van der Waals surface area contributed by atoms with Crippen molar-refractivity contribution < 1.29 is 14.4 Å². The Morgan fingerprint density at radius 2 is 2.05 bits per heavy atom. The van der Waals surface area contributed by atoms with Crippen LogP contribution in [0.4, 0.5) is 10.1 Å². The Kier molecular flexibility index (Phi) is 2.60. The molecule has 100 valence electrons. The molecule has 0 aliphatic carbocycles. The minimum atomic E-state index is -0.679. The van der Waals surface area contributed by atoms with E-state index in [0.717, 1.165) is 0 Å². The largest absolute Gasteiger partial charge is 0.502 e. The van der Waals surface area contributed by atoms with Crippen molar-refractivity contribution in [3.63, 3.8) is 0 Å². The standard InChI is InChI=1S/C13H8FN3O3/c14-8-2-3-9-10(6-8)16-13(15-9)7-1-4-12(18)11(5-7)17(19)20/h1-6,18H,(H,15,16). The second kappa shape index (κ2) is 4.30. The number of fused-ring (bicyclic) bond motifs is 1. The molecule has 0 atom stereocenters. The van der Waals surface area contributed by atoms with Gasteiger partial charge in [0.05, 0.1) is 16.0 Å². The van der Waals surface area contributed by atoms with E-state index < -0.39 is 22.2 Å². The summed E-state index contributed by atoms with van der Waals surface area (Å²) in [6.07, 6.45) is 0. The molecular weight excluding hydrogens is 265 g/mol. The number of nitrogens with zero attached hydrogens (tertiary/aromatic N) is 2. The Hall–Kier alpha value is -2.96. The number of hydrogen-bond donors (Lipinski definition) is 2. The molecule has 3 aromatic rings. The van der Waals surface area contributed by atoms with Gasteiger partial charge in [0.1, 0.15) is 11.6 Å². The molecule has 0 saturated carbocycles. The van der Waals surface area contributed by atoms with Gasteiger partial charge < -0.3 is 10.1 Å². The quantitative estimate of drug-likeness (QED) is 0.554. The van der Waals surface area contributed by atoms with Crippen LogP contribution in [0.1, 0.15) is 0 Å². The van der Waals surface area contributed by atoms with E-state index in [1.807, 2.05) is 0 Å². The van der Waals surface area contributed by atoms with E-state index in [-0.39, 0.29) is 0 Å². The number of aromatic nitrogens is 2. The molecule has 6 nitrogen and oxygen atoms in total. The summed E-state index contributed by atoms with van der Waals surface area (Å²) < 4.78 is 13.1. The molecule has 0 unspecified atom stereocenters.